The van der Waals surface area contributed by atoms with Crippen molar-refractivity contribution < 1.29 is 17.9 Å². The Morgan fingerprint density at radius 1 is 1.13 bits per heavy atom. The lowest BCUT2D eigenvalue weighted by Crippen LogP contribution is -2.50. The SMILES string of the molecule is CCC(C(=O)NCCOc1ccc(C)c(Cl)c1)N(c1cc(C)cc(C)c1)S(C)(=O)=O. The molecule has 0 heterocycles. The summed E-state index contributed by atoms with van der Waals surface area (Å²) in [5.74, 6) is 0.243. The van der Waals surface area contributed by atoms with Gasteiger partial charge in [-0.2, -0.15) is 0 Å². The molecule has 30 heavy (non-hydrogen) atoms. The van der Waals surface area contributed by atoms with Crippen molar-refractivity contribution in [1.29, 1.82) is 0 Å². The second-order valence-corrected chi connectivity index (χ2v) is 9.65. The molecule has 2 rings (SSSR count). The quantitative estimate of drug-likeness (QED) is 0.583. The highest BCUT2D eigenvalue weighted by Crippen LogP contribution is 2.25. The maximum absolute atomic E-state index is 12.8. The Hall–Kier alpha value is -2.25. The molecule has 0 spiro atoms. The molecule has 1 unspecified atom stereocenters. The first-order valence-electron chi connectivity index (χ1n) is 9.77. The normalized spacial score (nSPS) is 12.3. The van der Waals surface area contributed by atoms with Crippen LogP contribution in [0.2, 0.25) is 5.02 Å². The topological polar surface area (TPSA) is 75.7 Å². The maximum atomic E-state index is 12.8. The van der Waals surface area contributed by atoms with Gasteiger partial charge in [-0.15, -0.1) is 0 Å². The van der Waals surface area contributed by atoms with Crippen LogP contribution in [-0.4, -0.2) is 39.8 Å². The Balaban J connectivity index is 2.09. The molecule has 2 aromatic carbocycles. The molecule has 0 aromatic heterocycles. The first-order chi connectivity index (χ1) is 14.0. The van der Waals surface area contributed by atoms with Gasteiger partial charge >= 0.3 is 0 Å². The molecule has 0 saturated carbocycles. The number of benzene rings is 2. The molecule has 1 N–H and O–H groups in total. The molecule has 0 aliphatic heterocycles. The molecule has 0 aliphatic rings. The number of aryl methyl sites for hydroxylation is 3. The highest BCUT2D eigenvalue weighted by atomic mass is 35.5. The van der Waals surface area contributed by atoms with E-state index >= 15 is 0 Å². The van der Waals surface area contributed by atoms with E-state index in [0.717, 1.165) is 22.9 Å². The van der Waals surface area contributed by atoms with Crippen LogP contribution < -0.4 is 14.4 Å². The molecule has 0 bridgehead atoms. The van der Waals surface area contributed by atoms with Gasteiger partial charge in [0.1, 0.15) is 18.4 Å². The summed E-state index contributed by atoms with van der Waals surface area (Å²) in [5, 5.41) is 3.39. The van der Waals surface area contributed by atoms with Crippen molar-refractivity contribution in [2.45, 2.75) is 40.2 Å². The van der Waals surface area contributed by atoms with E-state index in [-0.39, 0.29) is 19.1 Å². The van der Waals surface area contributed by atoms with Crippen molar-refractivity contribution in [2.75, 3.05) is 23.7 Å². The van der Waals surface area contributed by atoms with Gasteiger partial charge in [-0.1, -0.05) is 30.7 Å². The van der Waals surface area contributed by atoms with Crippen LogP contribution in [0.4, 0.5) is 5.69 Å². The summed E-state index contributed by atoms with van der Waals surface area (Å²) in [7, 11) is -3.66. The molecule has 0 aliphatic carbocycles. The first-order valence-corrected chi connectivity index (χ1v) is 12.0. The number of anilines is 1. The molecule has 1 atom stereocenters. The largest absolute Gasteiger partial charge is 0.492 e. The number of hydrogen-bond acceptors (Lipinski definition) is 4. The number of carbonyl (C=O) groups excluding carboxylic acids is 1. The lowest BCUT2D eigenvalue weighted by molar-refractivity contribution is -0.122. The Bertz CT molecular complexity index is 988. The fourth-order valence-corrected chi connectivity index (χ4v) is 4.63. The molecule has 6 nitrogen and oxygen atoms in total. The van der Waals surface area contributed by atoms with Crippen LogP contribution >= 0.6 is 11.6 Å². The van der Waals surface area contributed by atoms with Crippen molar-refractivity contribution in [1.82, 2.24) is 5.32 Å². The van der Waals surface area contributed by atoms with Gasteiger partial charge in [-0.3, -0.25) is 9.10 Å². The lowest BCUT2D eigenvalue weighted by Gasteiger charge is -2.30. The van der Waals surface area contributed by atoms with Crippen LogP contribution in [0.15, 0.2) is 36.4 Å². The summed E-state index contributed by atoms with van der Waals surface area (Å²) >= 11 is 6.08. The van der Waals surface area contributed by atoms with Gasteiger partial charge in [0.05, 0.1) is 18.5 Å². The number of amides is 1. The summed E-state index contributed by atoms with van der Waals surface area (Å²) in [5.41, 5.74) is 3.30. The van der Waals surface area contributed by atoms with Crippen LogP contribution in [0.25, 0.3) is 0 Å². The van der Waals surface area contributed by atoms with Crippen molar-refractivity contribution in [3.8, 4) is 5.75 Å². The Morgan fingerprint density at radius 2 is 1.77 bits per heavy atom. The summed E-state index contributed by atoms with van der Waals surface area (Å²) in [6.07, 6.45) is 1.45. The van der Waals surface area contributed by atoms with E-state index in [9.17, 15) is 13.2 Å². The second-order valence-electron chi connectivity index (χ2n) is 7.38. The number of nitrogens with zero attached hydrogens (tertiary/aromatic N) is 1. The van der Waals surface area contributed by atoms with E-state index in [1.54, 1.807) is 25.1 Å². The number of rotatable bonds is 9. The predicted molar refractivity (Wildman–Crippen MR) is 122 cm³/mol. The maximum Gasteiger partial charge on any atom is 0.244 e. The number of hydrogen-bond donors (Lipinski definition) is 1. The Morgan fingerprint density at radius 3 is 2.30 bits per heavy atom. The minimum Gasteiger partial charge on any atom is -0.492 e. The van der Waals surface area contributed by atoms with E-state index in [0.29, 0.717) is 22.9 Å². The van der Waals surface area contributed by atoms with Crippen LogP contribution in [0.5, 0.6) is 5.75 Å². The van der Waals surface area contributed by atoms with Crippen LogP contribution in [-0.2, 0) is 14.8 Å². The minimum absolute atomic E-state index is 0.240. The third-order valence-corrected chi connectivity index (χ3v) is 6.19. The third kappa shape index (κ3) is 6.37. The highest BCUT2D eigenvalue weighted by molar-refractivity contribution is 7.92. The highest BCUT2D eigenvalue weighted by Gasteiger charge is 2.31. The van der Waals surface area contributed by atoms with Crippen molar-refractivity contribution in [2.24, 2.45) is 0 Å². The lowest BCUT2D eigenvalue weighted by atomic mass is 10.1. The zero-order chi connectivity index (χ0) is 22.5. The number of halogens is 1. The van der Waals surface area contributed by atoms with E-state index in [1.807, 2.05) is 39.0 Å². The molecule has 164 valence electrons. The number of ether oxygens (including phenoxy) is 1. The molecular weight excluding hydrogens is 424 g/mol. The summed E-state index contributed by atoms with van der Waals surface area (Å²) in [4.78, 5) is 12.8. The van der Waals surface area contributed by atoms with E-state index in [4.69, 9.17) is 16.3 Å². The summed E-state index contributed by atoms with van der Waals surface area (Å²) < 4.78 is 31.9. The van der Waals surface area contributed by atoms with Gasteiger partial charge in [-0.05, 0) is 68.1 Å². The average molecular weight is 453 g/mol. The number of nitrogens with one attached hydrogen (secondary N) is 1. The van der Waals surface area contributed by atoms with Crippen LogP contribution in [0, 0.1) is 20.8 Å². The van der Waals surface area contributed by atoms with Crippen molar-refractivity contribution in [3.63, 3.8) is 0 Å². The summed E-state index contributed by atoms with van der Waals surface area (Å²) in [6, 6.07) is 10.0. The van der Waals surface area contributed by atoms with Gasteiger partial charge in [-0.25, -0.2) is 8.42 Å². The third-order valence-electron chi connectivity index (χ3n) is 4.60. The van der Waals surface area contributed by atoms with Gasteiger partial charge in [0, 0.05) is 5.02 Å². The van der Waals surface area contributed by atoms with Crippen LogP contribution in [0.3, 0.4) is 0 Å². The number of sulfonamides is 1. The minimum atomic E-state index is -3.66. The molecule has 1 amide bonds. The van der Waals surface area contributed by atoms with Gasteiger partial charge in [0.25, 0.3) is 0 Å². The molecule has 0 saturated heterocycles. The van der Waals surface area contributed by atoms with Crippen molar-refractivity contribution >= 4 is 33.2 Å². The Kier molecular flexibility index (Phi) is 8.15. The standard InChI is InChI=1S/C22H29ClN2O4S/c1-6-21(25(30(5,27)28)18-12-15(2)11-16(3)13-18)22(26)24-9-10-29-19-8-7-17(4)20(23)14-19/h7-8,11-14,21H,6,9-10H2,1-5H3,(H,24,26). The monoisotopic (exact) mass is 452 g/mol. The zero-order valence-electron chi connectivity index (χ0n) is 18.0. The second kappa shape index (κ2) is 10.2. The van der Waals surface area contributed by atoms with Crippen LogP contribution in [0.1, 0.15) is 30.0 Å². The fraction of sp³-hybridized carbons (Fsp3) is 0.409. The average Bonchev–Trinajstić information content (AvgIpc) is 2.63. The van der Waals surface area contributed by atoms with E-state index in [2.05, 4.69) is 5.32 Å². The van der Waals surface area contributed by atoms with E-state index in [1.165, 1.54) is 4.31 Å². The van der Waals surface area contributed by atoms with E-state index < -0.39 is 16.1 Å². The fourth-order valence-electron chi connectivity index (χ4n) is 3.26. The van der Waals surface area contributed by atoms with Gasteiger partial charge in [0.15, 0.2) is 0 Å². The molecule has 0 radical (unpaired) electrons. The zero-order valence-corrected chi connectivity index (χ0v) is 19.6. The molecular formula is C22H29ClN2O4S. The van der Waals surface area contributed by atoms with Gasteiger partial charge in [0.2, 0.25) is 15.9 Å². The molecule has 2 aromatic rings. The smallest absolute Gasteiger partial charge is 0.244 e. The molecule has 8 heteroatoms. The first kappa shape index (κ1) is 24.0. The van der Waals surface area contributed by atoms with Crippen molar-refractivity contribution in [3.05, 3.63) is 58.1 Å². The predicted octanol–water partition coefficient (Wildman–Crippen LogP) is 4.01. The molecule has 0 fully saturated rings. The number of carbonyl (C=O) groups is 1. The summed E-state index contributed by atoms with van der Waals surface area (Å²) in [6.45, 7) is 7.96. The Labute approximate surface area is 184 Å². The van der Waals surface area contributed by atoms with Gasteiger partial charge < -0.3 is 10.1 Å².